The largest absolute Gasteiger partial charge is 0.479 e. The Hall–Kier alpha value is -2.97. The Morgan fingerprint density at radius 2 is 1.97 bits per heavy atom. The summed E-state index contributed by atoms with van der Waals surface area (Å²) in [5, 5.41) is 8.38. The Morgan fingerprint density at radius 1 is 1.21 bits per heavy atom. The molecule has 1 N–H and O–H groups in total. The van der Waals surface area contributed by atoms with Crippen LogP contribution in [0.1, 0.15) is 34.4 Å². The van der Waals surface area contributed by atoms with Crippen molar-refractivity contribution in [3.63, 3.8) is 0 Å². The average molecular weight is 452 g/mol. The van der Waals surface area contributed by atoms with Crippen molar-refractivity contribution in [2.75, 3.05) is 33.4 Å². The van der Waals surface area contributed by atoms with Crippen LogP contribution in [-0.2, 0) is 36.1 Å². The molecule has 0 spiro atoms. The number of amides is 1. The fraction of sp³-hybridized carbons (Fsp3) is 0.480. The first kappa shape index (κ1) is 23.2. The number of fused-ring (bicyclic) bond motifs is 1. The van der Waals surface area contributed by atoms with E-state index in [2.05, 4.69) is 46.5 Å². The molecular formula is C25H33N5O3. The van der Waals surface area contributed by atoms with Gasteiger partial charge < -0.3 is 14.8 Å². The molecule has 8 heteroatoms. The molecule has 1 saturated heterocycles. The van der Waals surface area contributed by atoms with Crippen molar-refractivity contribution in [2.24, 2.45) is 7.05 Å². The summed E-state index contributed by atoms with van der Waals surface area (Å²) in [4.78, 5) is 19.7. The highest BCUT2D eigenvalue weighted by Gasteiger charge is 2.18. The molecule has 4 rings (SSSR count). The third-order valence-electron chi connectivity index (χ3n) is 6.31. The highest BCUT2D eigenvalue weighted by molar-refractivity contribution is 5.86. The zero-order valence-electron chi connectivity index (χ0n) is 20.0. The highest BCUT2D eigenvalue weighted by Crippen LogP contribution is 2.30. The lowest BCUT2D eigenvalue weighted by molar-refractivity contribution is -0.121. The van der Waals surface area contributed by atoms with Gasteiger partial charge in [-0.05, 0) is 42.5 Å². The minimum Gasteiger partial charge on any atom is -0.479 e. The number of morpholine rings is 1. The van der Waals surface area contributed by atoms with E-state index >= 15 is 0 Å². The number of carbonyl (C=O) groups excluding carboxylic acids is 1. The van der Waals surface area contributed by atoms with Crippen molar-refractivity contribution >= 4 is 16.9 Å². The van der Waals surface area contributed by atoms with Crippen molar-refractivity contribution in [2.45, 2.75) is 39.8 Å². The van der Waals surface area contributed by atoms with E-state index in [4.69, 9.17) is 14.5 Å². The molecule has 8 nitrogen and oxygen atoms in total. The summed E-state index contributed by atoms with van der Waals surface area (Å²) < 4.78 is 12.6. The molecule has 0 bridgehead atoms. The number of carbonyl (C=O) groups is 1. The van der Waals surface area contributed by atoms with Crippen molar-refractivity contribution in [3.8, 4) is 5.88 Å². The molecule has 3 heterocycles. The number of aromatic nitrogens is 3. The third kappa shape index (κ3) is 5.34. The lowest BCUT2D eigenvalue weighted by Crippen LogP contribution is -2.35. The van der Waals surface area contributed by atoms with Gasteiger partial charge in [-0.25, -0.2) is 9.67 Å². The number of rotatable bonds is 8. The van der Waals surface area contributed by atoms with E-state index in [1.807, 2.05) is 14.0 Å². The van der Waals surface area contributed by atoms with E-state index < -0.39 is 0 Å². The number of pyridine rings is 1. The minimum absolute atomic E-state index is 0.0330. The SMILES string of the molecule is COc1nn(C)c2nc(C)c(CCC(=O)NCc3cccc(CN4CCOCC4)c3)c(C)c12. The van der Waals surface area contributed by atoms with Crippen LogP contribution in [0.15, 0.2) is 24.3 Å². The Balaban J connectivity index is 1.35. The van der Waals surface area contributed by atoms with E-state index in [-0.39, 0.29) is 5.91 Å². The van der Waals surface area contributed by atoms with E-state index in [1.54, 1.807) is 11.8 Å². The van der Waals surface area contributed by atoms with Gasteiger partial charge in [0.05, 0.1) is 25.7 Å². The van der Waals surface area contributed by atoms with E-state index in [0.717, 1.165) is 66.3 Å². The van der Waals surface area contributed by atoms with Crippen LogP contribution in [0.4, 0.5) is 0 Å². The molecule has 0 atom stereocenters. The van der Waals surface area contributed by atoms with Gasteiger partial charge in [-0.2, -0.15) is 0 Å². The van der Waals surface area contributed by atoms with Gasteiger partial charge in [0.15, 0.2) is 5.65 Å². The van der Waals surface area contributed by atoms with Crippen LogP contribution in [0.2, 0.25) is 0 Å². The molecule has 176 valence electrons. The van der Waals surface area contributed by atoms with Crippen molar-refractivity contribution in [3.05, 3.63) is 52.2 Å². The third-order valence-corrected chi connectivity index (χ3v) is 6.31. The van der Waals surface area contributed by atoms with Gasteiger partial charge in [-0.1, -0.05) is 24.3 Å². The molecule has 1 aliphatic rings. The summed E-state index contributed by atoms with van der Waals surface area (Å²) in [6.07, 6.45) is 1.03. The molecule has 0 unspecified atom stereocenters. The number of benzene rings is 1. The van der Waals surface area contributed by atoms with Crippen molar-refractivity contribution in [1.29, 1.82) is 0 Å². The Bertz CT molecular complexity index is 1130. The van der Waals surface area contributed by atoms with E-state index in [0.29, 0.717) is 25.3 Å². The van der Waals surface area contributed by atoms with Crippen molar-refractivity contribution in [1.82, 2.24) is 25.0 Å². The monoisotopic (exact) mass is 451 g/mol. The number of nitrogens with one attached hydrogen (secondary N) is 1. The molecule has 1 aromatic carbocycles. The Morgan fingerprint density at radius 3 is 2.73 bits per heavy atom. The first-order chi connectivity index (χ1) is 16.0. The molecule has 33 heavy (non-hydrogen) atoms. The average Bonchev–Trinajstić information content (AvgIpc) is 3.14. The maximum atomic E-state index is 12.6. The summed E-state index contributed by atoms with van der Waals surface area (Å²) in [6.45, 7) is 9.00. The Labute approximate surface area is 194 Å². The van der Waals surface area contributed by atoms with Crippen LogP contribution in [0.25, 0.3) is 11.0 Å². The molecular weight excluding hydrogens is 418 g/mol. The number of ether oxygens (including phenoxy) is 2. The Kier molecular flexibility index (Phi) is 7.25. The molecule has 0 saturated carbocycles. The van der Waals surface area contributed by atoms with Crippen molar-refractivity contribution < 1.29 is 14.3 Å². The van der Waals surface area contributed by atoms with Crippen LogP contribution >= 0.6 is 0 Å². The molecule has 3 aromatic rings. The second-order valence-electron chi connectivity index (χ2n) is 8.62. The summed E-state index contributed by atoms with van der Waals surface area (Å²) in [6, 6.07) is 8.44. The molecule has 0 radical (unpaired) electrons. The lowest BCUT2D eigenvalue weighted by Gasteiger charge is -2.26. The lowest BCUT2D eigenvalue weighted by atomic mass is 10.00. The number of aryl methyl sites for hydroxylation is 3. The summed E-state index contributed by atoms with van der Waals surface area (Å²) in [5.74, 6) is 0.603. The zero-order chi connectivity index (χ0) is 23.4. The number of methoxy groups -OCH3 is 1. The second kappa shape index (κ2) is 10.3. The molecule has 1 aliphatic heterocycles. The highest BCUT2D eigenvalue weighted by atomic mass is 16.5. The number of nitrogens with zero attached hydrogens (tertiary/aromatic N) is 4. The fourth-order valence-corrected chi connectivity index (χ4v) is 4.49. The topological polar surface area (TPSA) is 81.5 Å². The van der Waals surface area contributed by atoms with Crippen LogP contribution in [0.5, 0.6) is 5.88 Å². The predicted molar refractivity (Wildman–Crippen MR) is 127 cm³/mol. The number of hydrogen-bond acceptors (Lipinski definition) is 6. The van der Waals surface area contributed by atoms with Crippen LogP contribution < -0.4 is 10.1 Å². The fourth-order valence-electron chi connectivity index (χ4n) is 4.49. The summed E-state index contributed by atoms with van der Waals surface area (Å²) in [7, 11) is 3.48. The summed E-state index contributed by atoms with van der Waals surface area (Å²) >= 11 is 0. The quantitative estimate of drug-likeness (QED) is 0.567. The van der Waals surface area contributed by atoms with E-state index in [1.165, 1.54) is 5.56 Å². The smallest absolute Gasteiger partial charge is 0.242 e. The standard InChI is InChI=1S/C25H33N5O3/c1-17-21(18(2)27-24-23(17)25(32-4)28-29(24)3)8-9-22(31)26-15-19-6-5-7-20(14-19)16-30-10-12-33-13-11-30/h5-7,14H,8-13,15-16H2,1-4H3,(H,26,31). The zero-order valence-corrected chi connectivity index (χ0v) is 20.0. The number of hydrogen-bond donors (Lipinski definition) is 1. The van der Waals surface area contributed by atoms with Crippen LogP contribution in [0.3, 0.4) is 0 Å². The summed E-state index contributed by atoms with van der Waals surface area (Å²) in [5.41, 5.74) is 6.26. The maximum Gasteiger partial charge on any atom is 0.242 e. The van der Waals surface area contributed by atoms with Gasteiger partial charge in [0.2, 0.25) is 11.8 Å². The van der Waals surface area contributed by atoms with Crippen LogP contribution in [-0.4, -0.2) is 59.0 Å². The van der Waals surface area contributed by atoms with Gasteiger partial charge in [0, 0.05) is 45.3 Å². The van der Waals surface area contributed by atoms with Crippen LogP contribution in [0, 0.1) is 13.8 Å². The predicted octanol–water partition coefficient (Wildman–Crippen LogP) is 2.67. The van der Waals surface area contributed by atoms with Gasteiger partial charge in [0.1, 0.15) is 0 Å². The molecule has 0 aliphatic carbocycles. The van der Waals surface area contributed by atoms with Gasteiger partial charge in [-0.15, -0.1) is 5.10 Å². The molecule has 1 amide bonds. The minimum atomic E-state index is 0.0330. The normalized spacial score (nSPS) is 14.5. The second-order valence-corrected chi connectivity index (χ2v) is 8.62. The first-order valence-electron chi connectivity index (χ1n) is 11.5. The maximum absolute atomic E-state index is 12.6. The van der Waals surface area contributed by atoms with Gasteiger partial charge in [-0.3, -0.25) is 9.69 Å². The molecule has 2 aromatic heterocycles. The first-order valence-corrected chi connectivity index (χ1v) is 11.5. The van der Waals surface area contributed by atoms with E-state index in [9.17, 15) is 4.79 Å². The van der Waals surface area contributed by atoms with Gasteiger partial charge in [0.25, 0.3) is 0 Å². The van der Waals surface area contributed by atoms with Gasteiger partial charge >= 0.3 is 0 Å². The molecule has 1 fully saturated rings.